The molecule has 1 fully saturated rings. The van der Waals surface area contributed by atoms with Gasteiger partial charge >= 0.3 is 7.82 Å². The zero-order chi connectivity index (χ0) is 11.6. The van der Waals surface area contributed by atoms with Crippen LogP contribution in [0.1, 0.15) is 0 Å². The van der Waals surface area contributed by atoms with E-state index in [1.165, 1.54) is 0 Å². The number of phosphoric acid groups is 1. The van der Waals surface area contributed by atoms with E-state index in [1.54, 1.807) is 0 Å². The summed E-state index contributed by atoms with van der Waals surface area (Å²) in [6, 6.07) is 0. The zero-order valence-electron chi connectivity index (χ0n) is 7.63. The minimum absolute atomic E-state index is 0.229. The normalized spacial score (nSPS) is 37.9. The van der Waals surface area contributed by atoms with E-state index in [1.807, 2.05) is 0 Å². The van der Waals surface area contributed by atoms with E-state index in [4.69, 9.17) is 19.6 Å². The van der Waals surface area contributed by atoms with E-state index in [0.29, 0.717) is 0 Å². The molecule has 0 radical (unpaired) electrons. The highest BCUT2D eigenvalue weighted by Crippen LogP contribution is 2.36. The molecule has 0 aromatic carbocycles. The minimum Gasteiger partial charge on any atom is -0.388 e. The molecule has 9 heteroatoms. The molecule has 0 bridgehead atoms. The fourth-order valence-electron chi connectivity index (χ4n) is 1.18. The highest BCUT2D eigenvalue weighted by molar-refractivity contribution is 7.46. The largest absolute Gasteiger partial charge is 0.469 e. The Kier molecular flexibility index (Phi) is 4.21. The topological polar surface area (TPSA) is 137 Å². The van der Waals surface area contributed by atoms with Crippen molar-refractivity contribution in [1.82, 2.24) is 0 Å². The molecule has 5 N–H and O–H groups in total. The van der Waals surface area contributed by atoms with Crippen molar-refractivity contribution in [2.45, 2.75) is 24.4 Å². The monoisotopic (exact) mass is 244 g/mol. The molecule has 1 aliphatic heterocycles. The Hall–Kier alpha value is -0.0500. The van der Waals surface area contributed by atoms with Crippen LogP contribution in [0, 0.1) is 0 Å². The second kappa shape index (κ2) is 4.86. The van der Waals surface area contributed by atoms with Gasteiger partial charge < -0.3 is 29.8 Å². The maximum absolute atomic E-state index is 10.3. The maximum atomic E-state index is 10.3. The van der Waals surface area contributed by atoms with Gasteiger partial charge in [0.25, 0.3) is 0 Å². The van der Waals surface area contributed by atoms with Crippen molar-refractivity contribution < 1.29 is 38.9 Å². The number of ether oxygens (including phenoxy) is 1. The van der Waals surface area contributed by atoms with Crippen molar-refractivity contribution in [2.75, 3.05) is 13.2 Å². The van der Waals surface area contributed by atoms with E-state index in [0.717, 1.165) is 0 Å². The lowest BCUT2D eigenvalue weighted by molar-refractivity contribution is -0.194. The van der Waals surface area contributed by atoms with Crippen LogP contribution in [0.5, 0.6) is 0 Å². The van der Waals surface area contributed by atoms with Gasteiger partial charge in [-0.3, -0.25) is 4.52 Å². The van der Waals surface area contributed by atoms with Crippen LogP contribution in [0.3, 0.4) is 0 Å². The molecule has 8 nitrogen and oxygen atoms in total. The van der Waals surface area contributed by atoms with Crippen LogP contribution < -0.4 is 0 Å². The number of hydrogen-bond acceptors (Lipinski definition) is 6. The van der Waals surface area contributed by atoms with Gasteiger partial charge in [-0.2, -0.15) is 0 Å². The standard InChI is InChI=1S/C6H13O8P/c7-3-1-13-4(6(9)5(3)8)2-14-15(10,11)12/h3-9H,1-2H2,(H2,10,11,12)/t3-,4+,5+,6-/m0/s1. The van der Waals surface area contributed by atoms with Crippen LogP contribution in [-0.2, 0) is 13.8 Å². The minimum atomic E-state index is -4.63. The molecule has 1 rings (SSSR count). The summed E-state index contributed by atoms with van der Waals surface area (Å²) >= 11 is 0. The Balaban J connectivity index is 2.46. The van der Waals surface area contributed by atoms with Crippen molar-refractivity contribution in [3.8, 4) is 0 Å². The van der Waals surface area contributed by atoms with Crippen molar-refractivity contribution in [3.05, 3.63) is 0 Å². The first-order chi connectivity index (χ1) is 6.81. The molecule has 0 unspecified atom stereocenters. The summed E-state index contributed by atoms with van der Waals surface area (Å²) in [5.74, 6) is 0. The van der Waals surface area contributed by atoms with Gasteiger partial charge in [0.1, 0.15) is 24.4 Å². The fraction of sp³-hybridized carbons (Fsp3) is 1.00. The summed E-state index contributed by atoms with van der Waals surface area (Å²) in [6.45, 7) is -0.789. The molecule has 0 aromatic heterocycles. The Bertz CT molecular complexity index is 252. The Morgan fingerprint density at radius 3 is 2.40 bits per heavy atom. The summed E-state index contributed by atoms with van der Waals surface area (Å²) in [5, 5.41) is 27.6. The second-order valence-electron chi connectivity index (χ2n) is 3.21. The number of aliphatic hydroxyl groups is 3. The maximum Gasteiger partial charge on any atom is 0.469 e. The third kappa shape index (κ3) is 3.78. The van der Waals surface area contributed by atoms with Crippen LogP contribution in [0.15, 0.2) is 0 Å². The predicted octanol–water partition coefficient (Wildman–Crippen LogP) is -2.42. The van der Waals surface area contributed by atoms with E-state index in [2.05, 4.69) is 4.52 Å². The fourth-order valence-corrected chi connectivity index (χ4v) is 1.53. The van der Waals surface area contributed by atoms with E-state index in [9.17, 15) is 14.8 Å². The summed E-state index contributed by atoms with van der Waals surface area (Å²) in [4.78, 5) is 16.8. The van der Waals surface area contributed by atoms with Gasteiger partial charge in [0, 0.05) is 0 Å². The van der Waals surface area contributed by atoms with Crippen LogP contribution >= 0.6 is 7.82 Å². The van der Waals surface area contributed by atoms with Gasteiger partial charge in [0.05, 0.1) is 13.2 Å². The molecule has 1 saturated heterocycles. The first-order valence-corrected chi connectivity index (χ1v) is 5.70. The molecule has 4 atom stereocenters. The van der Waals surface area contributed by atoms with Crippen molar-refractivity contribution in [2.24, 2.45) is 0 Å². The number of phosphoric ester groups is 1. The highest BCUT2D eigenvalue weighted by Gasteiger charge is 2.38. The van der Waals surface area contributed by atoms with Crippen LogP contribution in [0.2, 0.25) is 0 Å². The molecule has 15 heavy (non-hydrogen) atoms. The quantitative estimate of drug-likeness (QED) is 0.346. The summed E-state index contributed by atoms with van der Waals surface area (Å²) in [6.07, 6.45) is -5.15. The van der Waals surface area contributed by atoms with Crippen LogP contribution in [0.25, 0.3) is 0 Å². The predicted molar refractivity (Wildman–Crippen MR) is 45.8 cm³/mol. The Morgan fingerprint density at radius 1 is 1.27 bits per heavy atom. The highest BCUT2D eigenvalue weighted by atomic mass is 31.2. The molecule has 0 amide bonds. The first-order valence-electron chi connectivity index (χ1n) is 4.17. The van der Waals surface area contributed by atoms with Gasteiger partial charge in [0.2, 0.25) is 0 Å². The lowest BCUT2D eigenvalue weighted by Crippen LogP contribution is -2.54. The summed E-state index contributed by atoms with van der Waals surface area (Å²) < 4.78 is 19.3. The van der Waals surface area contributed by atoms with Gasteiger partial charge in [-0.05, 0) is 0 Å². The molecular weight excluding hydrogens is 231 g/mol. The van der Waals surface area contributed by atoms with E-state index in [-0.39, 0.29) is 6.61 Å². The van der Waals surface area contributed by atoms with Crippen molar-refractivity contribution >= 4 is 7.82 Å². The van der Waals surface area contributed by atoms with Gasteiger partial charge in [-0.25, -0.2) is 4.57 Å². The first kappa shape index (κ1) is 13.0. The lowest BCUT2D eigenvalue weighted by atomic mass is 10.0. The molecule has 1 heterocycles. The molecule has 0 spiro atoms. The molecule has 0 aromatic rings. The van der Waals surface area contributed by atoms with E-state index >= 15 is 0 Å². The SMILES string of the molecule is O=P(O)(O)OC[C@H]1OC[C@H](O)[C@@H](O)[C@H]1O. The average Bonchev–Trinajstić information content (AvgIpc) is 2.12. The second-order valence-corrected chi connectivity index (χ2v) is 4.45. The van der Waals surface area contributed by atoms with Crippen molar-refractivity contribution in [3.63, 3.8) is 0 Å². The molecule has 0 aliphatic carbocycles. The van der Waals surface area contributed by atoms with Crippen LogP contribution in [0.4, 0.5) is 0 Å². The molecule has 1 aliphatic rings. The summed E-state index contributed by atoms with van der Waals surface area (Å²) in [5.41, 5.74) is 0. The molecule has 90 valence electrons. The zero-order valence-corrected chi connectivity index (χ0v) is 8.53. The number of hydrogen-bond donors (Lipinski definition) is 5. The lowest BCUT2D eigenvalue weighted by Gasteiger charge is -2.34. The number of rotatable bonds is 3. The molecule has 0 saturated carbocycles. The van der Waals surface area contributed by atoms with Crippen molar-refractivity contribution in [1.29, 1.82) is 0 Å². The van der Waals surface area contributed by atoms with Crippen LogP contribution in [-0.4, -0.2) is 62.7 Å². The molecular formula is C6H13O8P. The Morgan fingerprint density at radius 2 is 1.87 bits per heavy atom. The third-order valence-corrected chi connectivity index (χ3v) is 2.50. The van der Waals surface area contributed by atoms with Gasteiger partial charge in [0.15, 0.2) is 0 Å². The third-order valence-electron chi connectivity index (χ3n) is 2.01. The van der Waals surface area contributed by atoms with E-state index < -0.39 is 38.8 Å². The average molecular weight is 244 g/mol. The van der Waals surface area contributed by atoms with Gasteiger partial charge in [-0.15, -0.1) is 0 Å². The summed E-state index contributed by atoms with van der Waals surface area (Å²) in [7, 11) is -4.63. The Labute approximate surface area is 85.3 Å². The van der Waals surface area contributed by atoms with Gasteiger partial charge in [-0.1, -0.05) is 0 Å². The number of aliphatic hydroxyl groups excluding tert-OH is 3. The smallest absolute Gasteiger partial charge is 0.388 e.